The summed E-state index contributed by atoms with van der Waals surface area (Å²) in [6.07, 6.45) is 7.51. The molecule has 2 aliphatic heterocycles. The molecule has 0 saturated carbocycles. The zero-order valence-corrected chi connectivity index (χ0v) is 18.3. The molecule has 2 fully saturated rings. The number of aliphatic hydroxyl groups is 1. The standard InChI is InChI=1S/C21H34N8O/c1-4-17-9-22-21(24-18-10-23-29(12-18)15-30)25-20(17)27(5-2)14-26-6-7-28-11-16(3)8-19(28)13-26/h9-10,12,16,19,30H,4-8,11,13-15H2,1-3H3,(H,22,24,25). The largest absolute Gasteiger partial charge is 0.374 e. The minimum Gasteiger partial charge on any atom is -0.374 e. The van der Waals surface area contributed by atoms with Crippen LogP contribution in [0.5, 0.6) is 0 Å². The molecule has 0 spiro atoms. The number of nitrogens with zero attached hydrogens (tertiary/aromatic N) is 7. The van der Waals surface area contributed by atoms with E-state index < -0.39 is 0 Å². The summed E-state index contributed by atoms with van der Waals surface area (Å²) in [5.74, 6) is 2.36. The molecule has 0 bridgehead atoms. The lowest BCUT2D eigenvalue weighted by Crippen LogP contribution is -2.53. The molecule has 30 heavy (non-hydrogen) atoms. The fourth-order valence-electron chi connectivity index (χ4n) is 4.66. The molecule has 2 atom stereocenters. The van der Waals surface area contributed by atoms with Crippen LogP contribution in [0.2, 0.25) is 0 Å². The predicted octanol–water partition coefficient (Wildman–Crippen LogP) is 1.74. The van der Waals surface area contributed by atoms with E-state index >= 15 is 0 Å². The second-order valence-electron chi connectivity index (χ2n) is 8.50. The van der Waals surface area contributed by atoms with Gasteiger partial charge in [0.15, 0.2) is 0 Å². The molecule has 9 heteroatoms. The van der Waals surface area contributed by atoms with Crippen LogP contribution < -0.4 is 10.2 Å². The van der Waals surface area contributed by atoms with Crippen molar-refractivity contribution in [2.75, 3.05) is 49.6 Å². The van der Waals surface area contributed by atoms with E-state index in [1.54, 1.807) is 12.4 Å². The Morgan fingerprint density at radius 2 is 2.10 bits per heavy atom. The monoisotopic (exact) mass is 414 g/mol. The molecule has 4 heterocycles. The third kappa shape index (κ3) is 4.58. The zero-order chi connectivity index (χ0) is 21.1. The summed E-state index contributed by atoms with van der Waals surface area (Å²) in [5.41, 5.74) is 1.91. The van der Waals surface area contributed by atoms with Gasteiger partial charge in [-0.2, -0.15) is 10.1 Å². The number of nitrogens with one attached hydrogen (secondary N) is 1. The molecular formula is C21H34N8O. The van der Waals surface area contributed by atoms with E-state index in [9.17, 15) is 5.11 Å². The number of aliphatic hydroxyl groups excluding tert-OH is 1. The summed E-state index contributed by atoms with van der Waals surface area (Å²) in [7, 11) is 0. The van der Waals surface area contributed by atoms with Gasteiger partial charge in [-0.3, -0.25) is 9.80 Å². The summed E-state index contributed by atoms with van der Waals surface area (Å²) in [5, 5.41) is 16.5. The number of aromatic nitrogens is 4. The van der Waals surface area contributed by atoms with Crippen LogP contribution in [0.1, 0.15) is 32.8 Å². The van der Waals surface area contributed by atoms with Crippen molar-refractivity contribution in [3.63, 3.8) is 0 Å². The van der Waals surface area contributed by atoms with E-state index in [0.29, 0.717) is 12.0 Å². The fraction of sp³-hybridized carbons (Fsp3) is 0.667. The fourth-order valence-corrected chi connectivity index (χ4v) is 4.66. The first kappa shape index (κ1) is 21.0. The first-order valence-electron chi connectivity index (χ1n) is 11.1. The van der Waals surface area contributed by atoms with Gasteiger partial charge >= 0.3 is 0 Å². The number of fused-ring (bicyclic) bond motifs is 1. The van der Waals surface area contributed by atoms with Crippen LogP contribution in [0.25, 0.3) is 0 Å². The summed E-state index contributed by atoms with van der Waals surface area (Å²) in [6, 6.07) is 0.698. The highest BCUT2D eigenvalue weighted by atomic mass is 16.3. The Bertz CT molecular complexity index is 840. The van der Waals surface area contributed by atoms with Gasteiger partial charge in [0.25, 0.3) is 0 Å². The minimum atomic E-state index is -0.154. The maximum atomic E-state index is 9.19. The van der Waals surface area contributed by atoms with Crippen molar-refractivity contribution >= 4 is 17.5 Å². The summed E-state index contributed by atoms with van der Waals surface area (Å²) in [6.45, 7) is 13.0. The number of piperazine rings is 1. The smallest absolute Gasteiger partial charge is 0.229 e. The van der Waals surface area contributed by atoms with E-state index in [0.717, 1.165) is 55.7 Å². The highest BCUT2D eigenvalue weighted by Crippen LogP contribution is 2.27. The average Bonchev–Trinajstić information content (AvgIpc) is 3.36. The van der Waals surface area contributed by atoms with Gasteiger partial charge < -0.3 is 15.3 Å². The number of hydrogen-bond acceptors (Lipinski definition) is 8. The molecule has 0 radical (unpaired) electrons. The molecule has 2 unspecified atom stereocenters. The average molecular weight is 415 g/mol. The molecular weight excluding hydrogens is 380 g/mol. The molecule has 2 aromatic rings. The quantitative estimate of drug-likeness (QED) is 0.676. The first-order valence-corrected chi connectivity index (χ1v) is 11.1. The van der Waals surface area contributed by atoms with E-state index in [-0.39, 0.29) is 6.73 Å². The van der Waals surface area contributed by atoms with Gasteiger partial charge in [-0.05, 0) is 25.7 Å². The molecule has 2 aliphatic rings. The Morgan fingerprint density at radius 1 is 1.23 bits per heavy atom. The second-order valence-corrected chi connectivity index (χ2v) is 8.50. The zero-order valence-electron chi connectivity index (χ0n) is 18.3. The molecule has 0 amide bonds. The van der Waals surface area contributed by atoms with Crippen LogP contribution in [0, 0.1) is 5.92 Å². The van der Waals surface area contributed by atoms with Crippen LogP contribution >= 0.6 is 0 Å². The number of aryl methyl sites for hydroxylation is 1. The lowest BCUT2D eigenvalue weighted by atomic mass is 10.1. The van der Waals surface area contributed by atoms with Crippen LogP contribution in [0.15, 0.2) is 18.6 Å². The maximum absolute atomic E-state index is 9.19. The van der Waals surface area contributed by atoms with Crippen LogP contribution in [-0.4, -0.2) is 80.1 Å². The molecule has 0 aromatic carbocycles. The first-order chi connectivity index (χ1) is 14.6. The second kappa shape index (κ2) is 9.28. The topological polar surface area (TPSA) is 85.6 Å². The van der Waals surface area contributed by atoms with Gasteiger partial charge in [-0.25, -0.2) is 9.67 Å². The van der Waals surface area contributed by atoms with Crippen molar-refractivity contribution < 1.29 is 5.11 Å². The highest BCUT2D eigenvalue weighted by Gasteiger charge is 2.34. The molecule has 0 aliphatic carbocycles. The van der Waals surface area contributed by atoms with E-state index in [2.05, 4.69) is 50.9 Å². The number of rotatable bonds is 8. The molecule has 2 saturated heterocycles. The highest BCUT2D eigenvalue weighted by molar-refractivity contribution is 5.55. The number of anilines is 3. The molecule has 2 N–H and O–H groups in total. The molecule has 164 valence electrons. The normalized spacial score (nSPS) is 22.3. The van der Waals surface area contributed by atoms with Gasteiger partial charge in [0.05, 0.1) is 24.7 Å². The summed E-state index contributed by atoms with van der Waals surface area (Å²) >= 11 is 0. The van der Waals surface area contributed by atoms with Gasteiger partial charge in [-0.1, -0.05) is 13.8 Å². The number of hydrogen-bond donors (Lipinski definition) is 2. The van der Waals surface area contributed by atoms with E-state index in [4.69, 9.17) is 4.98 Å². The Kier molecular flexibility index (Phi) is 6.50. The van der Waals surface area contributed by atoms with Crippen LogP contribution in [0.4, 0.5) is 17.5 Å². The predicted molar refractivity (Wildman–Crippen MR) is 118 cm³/mol. The van der Waals surface area contributed by atoms with Crippen molar-refractivity contribution in [2.24, 2.45) is 5.92 Å². The van der Waals surface area contributed by atoms with Crippen LogP contribution in [-0.2, 0) is 13.2 Å². The van der Waals surface area contributed by atoms with Gasteiger partial charge in [0.2, 0.25) is 5.95 Å². The third-order valence-electron chi connectivity index (χ3n) is 6.22. The Hall–Kier alpha value is -2.23. The lowest BCUT2D eigenvalue weighted by Gasteiger charge is -2.40. The Labute approximate surface area is 178 Å². The van der Waals surface area contributed by atoms with Crippen molar-refractivity contribution in [2.45, 2.75) is 46.4 Å². The lowest BCUT2D eigenvalue weighted by molar-refractivity contribution is 0.104. The summed E-state index contributed by atoms with van der Waals surface area (Å²) < 4.78 is 1.45. The maximum Gasteiger partial charge on any atom is 0.229 e. The van der Waals surface area contributed by atoms with Crippen molar-refractivity contribution in [3.05, 3.63) is 24.2 Å². The van der Waals surface area contributed by atoms with Gasteiger partial charge in [0.1, 0.15) is 12.5 Å². The van der Waals surface area contributed by atoms with Gasteiger partial charge in [-0.15, -0.1) is 0 Å². The molecule has 9 nitrogen and oxygen atoms in total. The Morgan fingerprint density at radius 3 is 2.83 bits per heavy atom. The Balaban J connectivity index is 1.48. The summed E-state index contributed by atoms with van der Waals surface area (Å²) in [4.78, 5) is 16.9. The molecule has 4 rings (SSSR count). The molecule has 2 aromatic heterocycles. The van der Waals surface area contributed by atoms with Crippen LogP contribution in [0.3, 0.4) is 0 Å². The van der Waals surface area contributed by atoms with Crippen molar-refractivity contribution in [3.8, 4) is 0 Å². The van der Waals surface area contributed by atoms with E-state index in [1.807, 2.05) is 6.20 Å². The third-order valence-corrected chi connectivity index (χ3v) is 6.22. The van der Waals surface area contributed by atoms with Crippen molar-refractivity contribution in [1.29, 1.82) is 0 Å². The van der Waals surface area contributed by atoms with Crippen molar-refractivity contribution in [1.82, 2.24) is 29.5 Å². The minimum absolute atomic E-state index is 0.154. The van der Waals surface area contributed by atoms with Gasteiger partial charge in [0, 0.05) is 50.5 Å². The SMILES string of the molecule is CCc1cnc(Nc2cnn(CO)c2)nc1N(CC)CN1CCN2CC(C)CC2C1. The van der Waals surface area contributed by atoms with E-state index in [1.165, 1.54) is 24.2 Å².